The van der Waals surface area contributed by atoms with E-state index in [0.29, 0.717) is 0 Å². The van der Waals surface area contributed by atoms with E-state index in [2.05, 4.69) is 37.8 Å². The van der Waals surface area contributed by atoms with Gasteiger partial charge in [0.05, 0.1) is 0 Å². The lowest BCUT2D eigenvalue weighted by atomic mass is 9.86. The number of amides is 1. The van der Waals surface area contributed by atoms with Gasteiger partial charge in [0.25, 0.3) is 5.91 Å². The van der Waals surface area contributed by atoms with Crippen LogP contribution in [0.25, 0.3) is 0 Å². The maximum atomic E-state index is 12.7. The number of benzene rings is 2. The van der Waals surface area contributed by atoms with Gasteiger partial charge in [-0.1, -0.05) is 32.9 Å². The van der Waals surface area contributed by atoms with Crippen LogP contribution in [0.2, 0.25) is 0 Å². The molecule has 4 nitrogen and oxygen atoms in total. The normalized spacial score (nSPS) is 15.3. The highest BCUT2D eigenvalue weighted by Gasteiger charge is 2.23. The molecule has 1 aliphatic heterocycles. The fraction of sp³-hybridized carbons (Fsp3) is 0.381. The molecule has 132 valence electrons. The lowest BCUT2D eigenvalue weighted by Crippen LogP contribution is -2.48. The molecular formula is C21H27N3O. The van der Waals surface area contributed by atoms with Crippen molar-refractivity contribution in [2.24, 2.45) is 0 Å². The van der Waals surface area contributed by atoms with Gasteiger partial charge in [-0.05, 0) is 47.4 Å². The van der Waals surface area contributed by atoms with Gasteiger partial charge in [-0.3, -0.25) is 4.79 Å². The monoisotopic (exact) mass is 337 g/mol. The van der Waals surface area contributed by atoms with Crippen LogP contribution >= 0.6 is 0 Å². The second kappa shape index (κ2) is 6.79. The van der Waals surface area contributed by atoms with Crippen LogP contribution in [-0.2, 0) is 5.41 Å². The molecule has 2 aromatic carbocycles. The molecule has 4 heteroatoms. The maximum absolute atomic E-state index is 12.7. The Balaban J connectivity index is 1.62. The van der Waals surface area contributed by atoms with E-state index in [-0.39, 0.29) is 11.3 Å². The molecule has 1 aliphatic rings. The lowest BCUT2D eigenvalue weighted by molar-refractivity contribution is 0.0746. The standard InChI is InChI=1S/C21H27N3O/c1-21(2,3)17-6-4-16(5-7-17)20(25)24-14-12-23(13-15-24)19-10-8-18(22)9-11-19/h4-11H,12-15,22H2,1-3H3. The Morgan fingerprint density at radius 2 is 1.44 bits per heavy atom. The van der Waals surface area contributed by atoms with Gasteiger partial charge in [-0.15, -0.1) is 0 Å². The zero-order chi connectivity index (χ0) is 18.0. The summed E-state index contributed by atoms with van der Waals surface area (Å²) in [5.74, 6) is 0.123. The average molecular weight is 337 g/mol. The van der Waals surface area contributed by atoms with E-state index < -0.39 is 0 Å². The fourth-order valence-electron chi connectivity index (χ4n) is 3.15. The summed E-state index contributed by atoms with van der Waals surface area (Å²) in [5.41, 5.74) is 9.81. The Kier molecular flexibility index (Phi) is 4.71. The minimum absolute atomic E-state index is 0.103. The minimum atomic E-state index is 0.103. The van der Waals surface area contributed by atoms with E-state index in [9.17, 15) is 4.79 Å². The summed E-state index contributed by atoms with van der Waals surface area (Å²) in [6.45, 7) is 9.71. The molecular weight excluding hydrogens is 310 g/mol. The van der Waals surface area contributed by atoms with Crippen molar-refractivity contribution in [3.63, 3.8) is 0 Å². The van der Waals surface area contributed by atoms with Crippen LogP contribution in [0.4, 0.5) is 11.4 Å². The summed E-state index contributed by atoms with van der Waals surface area (Å²) in [6.07, 6.45) is 0. The lowest BCUT2D eigenvalue weighted by Gasteiger charge is -2.36. The third-order valence-electron chi connectivity index (χ3n) is 4.82. The first kappa shape index (κ1) is 17.3. The van der Waals surface area contributed by atoms with Crippen molar-refractivity contribution in [2.45, 2.75) is 26.2 Å². The molecule has 0 spiro atoms. The number of hydrogen-bond acceptors (Lipinski definition) is 3. The summed E-state index contributed by atoms with van der Waals surface area (Å²) in [4.78, 5) is 17.0. The highest BCUT2D eigenvalue weighted by molar-refractivity contribution is 5.94. The van der Waals surface area contributed by atoms with E-state index in [0.717, 1.165) is 43.1 Å². The molecule has 0 saturated carbocycles. The third kappa shape index (κ3) is 3.95. The van der Waals surface area contributed by atoms with Crippen molar-refractivity contribution >= 4 is 17.3 Å². The molecule has 0 bridgehead atoms. The zero-order valence-corrected chi connectivity index (χ0v) is 15.3. The van der Waals surface area contributed by atoms with Crippen LogP contribution < -0.4 is 10.6 Å². The number of carbonyl (C=O) groups is 1. The molecule has 25 heavy (non-hydrogen) atoms. The number of rotatable bonds is 2. The largest absolute Gasteiger partial charge is 0.399 e. The Hall–Kier alpha value is -2.49. The number of nitrogens with zero attached hydrogens (tertiary/aromatic N) is 2. The fourth-order valence-corrected chi connectivity index (χ4v) is 3.15. The molecule has 1 fully saturated rings. The topological polar surface area (TPSA) is 49.6 Å². The van der Waals surface area contributed by atoms with Crippen LogP contribution in [0.3, 0.4) is 0 Å². The number of nitrogens with two attached hydrogens (primary N) is 1. The summed E-state index contributed by atoms with van der Waals surface area (Å²) in [5, 5.41) is 0. The van der Waals surface area contributed by atoms with E-state index in [4.69, 9.17) is 5.73 Å². The van der Waals surface area contributed by atoms with Crippen LogP contribution in [-0.4, -0.2) is 37.0 Å². The molecule has 0 aliphatic carbocycles. The van der Waals surface area contributed by atoms with Crippen LogP contribution in [0.15, 0.2) is 48.5 Å². The van der Waals surface area contributed by atoms with E-state index >= 15 is 0 Å². The number of nitrogen functional groups attached to an aromatic ring is 1. The van der Waals surface area contributed by atoms with Gasteiger partial charge in [0.2, 0.25) is 0 Å². The SMILES string of the molecule is CC(C)(C)c1ccc(C(=O)N2CCN(c3ccc(N)cc3)CC2)cc1. The van der Waals surface area contributed by atoms with Crippen LogP contribution in [0.5, 0.6) is 0 Å². The van der Waals surface area contributed by atoms with Gasteiger partial charge in [-0.25, -0.2) is 0 Å². The first-order valence-corrected chi connectivity index (χ1v) is 8.85. The Bertz CT molecular complexity index is 721. The summed E-state index contributed by atoms with van der Waals surface area (Å²) in [6, 6.07) is 16.0. The molecule has 1 amide bonds. The minimum Gasteiger partial charge on any atom is -0.399 e. The number of piperazine rings is 1. The number of hydrogen-bond donors (Lipinski definition) is 1. The molecule has 0 radical (unpaired) electrons. The molecule has 2 N–H and O–H groups in total. The highest BCUT2D eigenvalue weighted by Crippen LogP contribution is 2.23. The van der Waals surface area contributed by atoms with Crippen molar-refractivity contribution in [3.8, 4) is 0 Å². The van der Waals surface area contributed by atoms with Gasteiger partial charge in [0.1, 0.15) is 0 Å². The van der Waals surface area contributed by atoms with E-state index in [1.54, 1.807) is 0 Å². The Labute approximate surface area is 150 Å². The Morgan fingerprint density at radius 1 is 0.880 bits per heavy atom. The molecule has 1 saturated heterocycles. The summed E-state index contributed by atoms with van der Waals surface area (Å²) < 4.78 is 0. The van der Waals surface area contributed by atoms with Crippen molar-refractivity contribution in [2.75, 3.05) is 36.8 Å². The second-order valence-corrected chi connectivity index (χ2v) is 7.70. The average Bonchev–Trinajstić information content (AvgIpc) is 2.61. The van der Waals surface area contributed by atoms with Gasteiger partial charge in [0, 0.05) is 43.1 Å². The first-order valence-electron chi connectivity index (χ1n) is 8.85. The van der Waals surface area contributed by atoms with Crippen LogP contribution in [0, 0.1) is 0 Å². The quantitative estimate of drug-likeness (QED) is 0.853. The molecule has 0 aromatic heterocycles. The predicted molar refractivity (Wildman–Crippen MR) is 104 cm³/mol. The summed E-state index contributed by atoms with van der Waals surface area (Å²) >= 11 is 0. The van der Waals surface area contributed by atoms with E-state index in [1.165, 1.54) is 5.56 Å². The van der Waals surface area contributed by atoms with Crippen molar-refractivity contribution in [1.29, 1.82) is 0 Å². The van der Waals surface area contributed by atoms with Gasteiger partial charge in [-0.2, -0.15) is 0 Å². The third-order valence-corrected chi connectivity index (χ3v) is 4.82. The van der Waals surface area contributed by atoms with Crippen molar-refractivity contribution in [3.05, 3.63) is 59.7 Å². The van der Waals surface area contributed by atoms with Gasteiger partial charge >= 0.3 is 0 Å². The van der Waals surface area contributed by atoms with Gasteiger partial charge < -0.3 is 15.5 Å². The molecule has 1 heterocycles. The van der Waals surface area contributed by atoms with E-state index in [1.807, 2.05) is 41.3 Å². The highest BCUT2D eigenvalue weighted by atomic mass is 16.2. The molecule has 0 atom stereocenters. The summed E-state index contributed by atoms with van der Waals surface area (Å²) in [7, 11) is 0. The smallest absolute Gasteiger partial charge is 0.253 e. The van der Waals surface area contributed by atoms with Crippen molar-refractivity contribution in [1.82, 2.24) is 4.90 Å². The van der Waals surface area contributed by atoms with Crippen LogP contribution in [0.1, 0.15) is 36.7 Å². The second-order valence-electron chi connectivity index (χ2n) is 7.70. The Morgan fingerprint density at radius 3 is 1.96 bits per heavy atom. The molecule has 0 unspecified atom stereocenters. The number of carbonyl (C=O) groups excluding carboxylic acids is 1. The van der Waals surface area contributed by atoms with Gasteiger partial charge in [0.15, 0.2) is 0 Å². The maximum Gasteiger partial charge on any atom is 0.253 e. The molecule has 3 rings (SSSR count). The first-order chi connectivity index (χ1) is 11.8. The number of anilines is 2. The predicted octanol–water partition coefficient (Wildman–Crippen LogP) is 3.53. The van der Waals surface area contributed by atoms with Crippen molar-refractivity contribution < 1.29 is 4.79 Å². The molecule has 2 aromatic rings. The zero-order valence-electron chi connectivity index (χ0n) is 15.3.